The van der Waals surface area contributed by atoms with Crippen molar-refractivity contribution in [1.29, 1.82) is 0 Å². The molecule has 2 aromatic carbocycles. The van der Waals surface area contributed by atoms with Crippen LogP contribution in [0.15, 0.2) is 36.4 Å². The zero-order chi connectivity index (χ0) is 22.9. The van der Waals surface area contributed by atoms with E-state index >= 15 is 0 Å². The zero-order valence-corrected chi connectivity index (χ0v) is 17.1. The highest BCUT2D eigenvalue weighted by Gasteiger charge is 2.37. The Hall–Kier alpha value is -3.27. The molecule has 0 saturated heterocycles. The molecule has 2 N–H and O–H groups in total. The molecule has 1 unspecified atom stereocenters. The molecule has 0 fully saturated rings. The zero-order valence-electron chi connectivity index (χ0n) is 16.3. The number of nitrogens with one attached hydrogen (secondary N) is 2. The maximum atomic E-state index is 13.4. The molecular formula is C20H17ClF3N3O4. The molecule has 0 aromatic heterocycles. The molecule has 0 bridgehead atoms. The minimum atomic E-state index is -4.78. The Balaban J connectivity index is 2.12. The second kappa shape index (κ2) is 8.46. The average molecular weight is 456 g/mol. The Morgan fingerprint density at radius 1 is 1.23 bits per heavy atom. The maximum Gasteiger partial charge on any atom is 0.416 e. The number of amides is 3. The normalized spacial score (nSPS) is 15.7. The van der Waals surface area contributed by atoms with Gasteiger partial charge in [-0.2, -0.15) is 13.2 Å². The highest BCUT2D eigenvalue weighted by Crippen LogP contribution is 2.37. The lowest BCUT2D eigenvalue weighted by Crippen LogP contribution is -2.49. The summed E-state index contributed by atoms with van der Waals surface area (Å²) in [7, 11) is 1.41. The topological polar surface area (TPSA) is 87.7 Å². The summed E-state index contributed by atoms with van der Waals surface area (Å²) in [5, 5.41) is 4.86. The van der Waals surface area contributed by atoms with Crippen LogP contribution >= 0.6 is 11.6 Å². The lowest BCUT2D eigenvalue weighted by Gasteiger charge is -2.35. The van der Waals surface area contributed by atoms with E-state index in [9.17, 15) is 27.6 Å². The molecule has 0 aliphatic carbocycles. The second-order valence-corrected chi connectivity index (χ2v) is 6.97. The Morgan fingerprint density at radius 3 is 2.55 bits per heavy atom. The van der Waals surface area contributed by atoms with Crippen molar-refractivity contribution in [3.8, 4) is 5.75 Å². The van der Waals surface area contributed by atoms with Gasteiger partial charge in [0.1, 0.15) is 17.7 Å². The molecule has 164 valence electrons. The maximum absolute atomic E-state index is 13.4. The number of benzene rings is 2. The van der Waals surface area contributed by atoms with E-state index in [1.165, 1.54) is 26.2 Å². The van der Waals surface area contributed by atoms with Gasteiger partial charge in [0.05, 0.1) is 24.0 Å². The molecule has 1 aliphatic heterocycles. The molecule has 3 rings (SSSR count). The molecule has 7 nitrogen and oxygen atoms in total. The molecule has 31 heavy (non-hydrogen) atoms. The van der Waals surface area contributed by atoms with Gasteiger partial charge >= 0.3 is 6.18 Å². The monoisotopic (exact) mass is 455 g/mol. The van der Waals surface area contributed by atoms with Crippen molar-refractivity contribution in [2.75, 3.05) is 28.5 Å². The summed E-state index contributed by atoms with van der Waals surface area (Å²) >= 11 is 5.41. The number of rotatable bonds is 4. The van der Waals surface area contributed by atoms with Gasteiger partial charge in [0.25, 0.3) is 5.91 Å². The summed E-state index contributed by atoms with van der Waals surface area (Å²) < 4.78 is 45.4. The Bertz CT molecular complexity index is 1060. The summed E-state index contributed by atoms with van der Waals surface area (Å²) in [5.41, 5.74) is -1.18. The number of nitrogens with zero attached hydrogens (tertiary/aromatic N) is 1. The fourth-order valence-corrected chi connectivity index (χ4v) is 3.18. The van der Waals surface area contributed by atoms with E-state index in [1.54, 1.807) is 6.07 Å². The molecule has 0 saturated carbocycles. The van der Waals surface area contributed by atoms with Crippen LogP contribution in [-0.2, 0) is 15.8 Å². The molecule has 1 aliphatic rings. The van der Waals surface area contributed by atoms with Gasteiger partial charge in [-0.1, -0.05) is 0 Å². The smallest absolute Gasteiger partial charge is 0.416 e. The molecule has 1 heterocycles. The van der Waals surface area contributed by atoms with Gasteiger partial charge in [-0.25, -0.2) is 0 Å². The molecule has 0 radical (unpaired) electrons. The highest BCUT2D eigenvalue weighted by molar-refractivity contribution is 6.29. The van der Waals surface area contributed by atoms with Gasteiger partial charge in [-0.05, 0) is 37.3 Å². The van der Waals surface area contributed by atoms with Gasteiger partial charge in [-0.15, -0.1) is 11.6 Å². The summed E-state index contributed by atoms with van der Waals surface area (Å²) in [6.45, 7) is 1.44. The largest absolute Gasteiger partial charge is 0.497 e. The van der Waals surface area contributed by atoms with Gasteiger partial charge in [-0.3, -0.25) is 19.3 Å². The van der Waals surface area contributed by atoms with Gasteiger partial charge in [0.2, 0.25) is 11.8 Å². The quantitative estimate of drug-likeness (QED) is 0.685. The first-order chi connectivity index (χ1) is 14.5. The SMILES string of the molecule is COc1ccc2c(c1)N(C(=O)c1cc(NC(=O)CCl)cc(C(F)(F)F)c1)C(C)C(=O)N2. The van der Waals surface area contributed by atoms with E-state index in [4.69, 9.17) is 16.3 Å². The van der Waals surface area contributed by atoms with Crippen molar-refractivity contribution in [1.82, 2.24) is 0 Å². The number of fused-ring (bicyclic) bond motifs is 1. The Morgan fingerprint density at radius 2 is 1.94 bits per heavy atom. The number of carbonyl (C=O) groups excluding carboxylic acids is 3. The third kappa shape index (κ3) is 4.58. The first-order valence-corrected chi connectivity index (χ1v) is 9.49. The molecule has 0 spiro atoms. The van der Waals surface area contributed by atoms with Crippen LogP contribution in [-0.4, -0.2) is 36.8 Å². The standard InChI is InChI=1S/C20H17ClF3N3O4/c1-10-18(29)26-15-4-3-14(31-2)8-16(15)27(10)19(30)11-5-12(20(22,23)24)7-13(6-11)25-17(28)9-21/h3-8,10H,9H2,1-2H3,(H,25,28)(H,26,29). The fourth-order valence-electron chi connectivity index (χ4n) is 3.11. The minimum Gasteiger partial charge on any atom is -0.497 e. The van der Waals surface area contributed by atoms with E-state index < -0.39 is 41.4 Å². The van der Waals surface area contributed by atoms with E-state index in [2.05, 4.69) is 10.6 Å². The number of hydrogen-bond donors (Lipinski definition) is 2. The second-order valence-electron chi connectivity index (χ2n) is 6.70. The van der Waals surface area contributed by atoms with E-state index in [-0.39, 0.29) is 16.9 Å². The van der Waals surface area contributed by atoms with E-state index in [0.717, 1.165) is 11.0 Å². The van der Waals surface area contributed by atoms with Crippen molar-refractivity contribution in [2.24, 2.45) is 0 Å². The van der Waals surface area contributed by atoms with Crippen LogP contribution in [0.25, 0.3) is 0 Å². The summed E-state index contributed by atoms with van der Waals surface area (Å²) in [5.74, 6) is -2.19. The molecular weight excluding hydrogens is 439 g/mol. The summed E-state index contributed by atoms with van der Waals surface area (Å²) in [4.78, 5) is 38.3. The van der Waals surface area contributed by atoms with Gasteiger partial charge in [0, 0.05) is 17.3 Å². The van der Waals surface area contributed by atoms with Crippen LogP contribution in [0.3, 0.4) is 0 Å². The van der Waals surface area contributed by atoms with Gasteiger partial charge < -0.3 is 15.4 Å². The Kier molecular flexibility index (Phi) is 6.12. The molecule has 2 aromatic rings. The van der Waals surface area contributed by atoms with Gasteiger partial charge in [0.15, 0.2) is 0 Å². The van der Waals surface area contributed by atoms with Crippen molar-refractivity contribution in [3.63, 3.8) is 0 Å². The predicted molar refractivity (Wildman–Crippen MR) is 109 cm³/mol. The third-order valence-corrected chi connectivity index (χ3v) is 4.86. The number of halogens is 4. The number of hydrogen-bond acceptors (Lipinski definition) is 4. The average Bonchev–Trinajstić information content (AvgIpc) is 2.73. The lowest BCUT2D eigenvalue weighted by molar-refractivity contribution is -0.137. The summed E-state index contributed by atoms with van der Waals surface area (Å²) in [6, 6.07) is 6.04. The van der Waals surface area contributed by atoms with Crippen LogP contribution < -0.4 is 20.3 Å². The number of anilines is 3. The Labute approximate surface area is 180 Å². The first kappa shape index (κ1) is 22.4. The van der Waals surface area contributed by atoms with Crippen molar-refractivity contribution < 1.29 is 32.3 Å². The first-order valence-electron chi connectivity index (χ1n) is 8.95. The van der Waals surface area contributed by atoms with Crippen molar-refractivity contribution in [2.45, 2.75) is 19.1 Å². The predicted octanol–water partition coefficient (Wildman–Crippen LogP) is 3.88. The minimum absolute atomic E-state index is 0.246. The van der Waals surface area contributed by atoms with Crippen LogP contribution in [0.4, 0.5) is 30.2 Å². The van der Waals surface area contributed by atoms with Crippen LogP contribution in [0, 0.1) is 0 Å². The van der Waals surface area contributed by atoms with E-state index in [1.807, 2.05) is 0 Å². The van der Waals surface area contributed by atoms with Crippen molar-refractivity contribution >= 4 is 46.4 Å². The van der Waals surface area contributed by atoms with Crippen LogP contribution in [0.5, 0.6) is 5.75 Å². The van der Waals surface area contributed by atoms with E-state index in [0.29, 0.717) is 23.6 Å². The third-order valence-electron chi connectivity index (χ3n) is 4.62. The molecule has 3 amide bonds. The number of methoxy groups -OCH3 is 1. The number of carbonyl (C=O) groups is 3. The molecule has 1 atom stereocenters. The number of ether oxygens (including phenoxy) is 1. The number of alkyl halides is 4. The summed E-state index contributed by atoms with van der Waals surface area (Å²) in [6.07, 6.45) is -4.78. The fraction of sp³-hybridized carbons (Fsp3) is 0.250. The highest BCUT2D eigenvalue weighted by atomic mass is 35.5. The van der Waals surface area contributed by atoms with Crippen LogP contribution in [0.1, 0.15) is 22.8 Å². The molecule has 11 heteroatoms. The lowest BCUT2D eigenvalue weighted by atomic mass is 10.0. The van der Waals surface area contributed by atoms with Crippen LogP contribution in [0.2, 0.25) is 0 Å². The van der Waals surface area contributed by atoms with Crippen molar-refractivity contribution in [3.05, 3.63) is 47.5 Å².